The number of aromatic nitrogens is 4. The highest BCUT2D eigenvalue weighted by Crippen LogP contribution is 2.29. The number of carbonyl (C=O) groups is 2. The maximum atomic E-state index is 13.0. The van der Waals surface area contributed by atoms with Crippen LogP contribution in [0.1, 0.15) is 10.5 Å². The van der Waals surface area contributed by atoms with Gasteiger partial charge in [-0.2, -0.15) is 5.10 Å². The quantitative estimate of drug-likeness (QED) is 0.523. The van der Waals surface area contributed by atoms with Crippen LogP contribution in [-0.4, -0.2) is 72.8 Å². The zero-order chi connectivity index (χ0) is 22.9. The molecule has 3 aromatic heterocycles. The standard InChI is InChI=1S/C24H22N6O3/c1-28-15-19(13-26-28)16-2-4-17(5-3-16)20-14-25-12-18-6-7-21(27-22(18)20)23(31)29-8-10-30(11-9-29)24(32)33/h2-7,12-15H,8-11H2,1H3,(H,32,33). The molecular weight excluding hydrogens is 420 g/mol. The molecule has 1 aliphatic rings. The van der Waals surface area contributed by atoms with Crippen molar-refractivity contribution in [3.05, 3.63) is 66.9 Å². The summed E-state index contributed by atoms with van der Waals surface area (Å²) in [5.41, 5.74) is 4.93. The molecule has 5 rings (SSSR count). The van der Waals surface area contributed by atoms with Crippen LogP contribution in [0.2, 0.25) is 0 Å². The van der Waals surface area contributed by atoms with Gasteiger partial charge in [-0.15, -0.1) is 0 Å². The third-order valence-corrected chi connectivity index (χ3v) is 5.89. The summed E-state index contributed by atoms with van der Waals surface area (Å²) in [6, 6.07) is 11.6. The Morgan fingerprint density at radius 2 is 1.55 bits per heavy atom. The van der Waals surface area contributed by atoms with Gasteiger partial charge in [0.1, 0.15) is 5.69 Å². The molecule has 1 aromatic carbocycles. The first kappa shape index (κ1) is 20.6. The number of hydrogen-bond acceptors (Lipinski definition) is 5. The fourth-order valence-electron chi connectivity index (χ4n) is 4.05. The highest BCUT2D eigenvalue weighted by Gasteiger charge is 2.25. The first-order valence-electron chi connectivity index (χ1n) is 10.6. The number of benzene rings is 1. The Labute approximate surface area is 189 Å². The number of carbonyl (C=O) groups excluding carboxylic acids is 1. The molecule has 9 nitrogen and oxygen atoms in total. The van der Waals surface area contributed by atoms with Gasteiger partial charge in [0.05, 0.1) is 11.7 Å². The van der Waals surface area contributed by atoms with Crippen molar-refractivity contribution in [3.8, 4) is 22.3 Å². The maximum absolute atomic E-state index is 13.0. The summed E-state index contributed by atoms with van der Waals surface area (Å²) >= 11 is 0. The average molecular weight is 442 g/mol. The van der Waals surface area contributed by atoms with Crippen molar-refractivity contribution in [2.24, 2.45) is 7.05 Å². The maximum Gasteiger partial charge on any atom is 0.407 e. The highest BCUT2D eigenvalue weighted by atomic mass is 16.4. The summed E-state index contributed by atoms with van der Waals surface area (Å²) in [6.45, 7) is 1.30. The zero-order valence-corrected chi connectivity index (χ0v) is 18.0. The van der Waals surface area contributed by atoms with Crippen molar-refractivity contribution in [1.82, 2.24) is 29.5 Å². The topological polar surface area (TPSA) is 104 Å². The van der Waals surface area contributed by atoms with Crippen molar-refractivity contribution >= 4 is 22.9 Å². The molecule has 4 heterocycles. The van der Waals surface area contributed by atoms with Crippen LogP contribution in [0.3, 0.4) is 0 Å². The monoisotopic (exact) mass is 442 g/mol. The van der Waals surface area contributed by atoms with Gasteiger partial charge in [-0.3, -0.25) is 14.5 Å². The molecule has 166 valence electrons. The minimum atomic E-state index is -0.961. The van der Waals surface area contributed by atoms with Gasteiger partial charge in [-0.05, 0) is 23.3 Å². The lowest BCUT2D eigenvalue weighted by molar-refractivity contribution is 0.0620. The number of rotatable bonds is 3. The highest BCUT2D eigenvalue weighted by molar-refractivity contribution is 5.98. The van der Waals surface area contributed by atoms with Crippen LogP contribution in [-0.2, 0) is 7.05 Å². The lowest BCUT2D eigenvalue weighted by Gasteiger charge is -2.32. The lowest BCUT2D eigenvalue weighted by Crippen LogP contribution is -2.50. The van der Waals surface area contributed by atoms with Gasteiger partial charge >= 0.3 is 6.09 Å². The second-order valence-corrected chi connectivity index (χ2v) is 8.00. The van der Waals surface area contributed by atoms with E-state index >= 15 is 0 Å². The molecule has 0 spiro atoms. The van der Waals surface area contributed by atoms with Crippen LogP contribution in [0.5, 0.6) is 0 Å². The second-order valence-electron chi connectivity index (χ2n) is 8.00. The number of hydrogen-bond donors (Lipinski definition) is 1. The van der Waals surface area contributed by atoms with Crippen molar-refractivity contribution < 1.29 is 14.7 Å². The zero-order valence-electron chi connectivity index (χ0n) is 18.0. The Balaban J connectivity index is 1.44. The van der Waals surface area contributed by atoms with Gasteiger partial charge in [0.25, 0.3) is 5.91 Å². The van der Waals surface area contributed by atoms with Crippen molar-refractivity contribution in [2.45, 2.75) is 0 Å². The number of aryl methyl sites for hydroxylation is 1. The molecule has 0 radical (unpaired) electrons. The van der Waals surface area contributed by atoms with E-state index in [9.17, 15) is 9.59 Å². The summed E-state index contributed by atoms with van der Waals surface area (Å²) in [5.74, 6) is -0.198. The third-order valence-electron chi connectivity index (χ3n) is 5.89. The molecule has 1 N–H and O–H groups in total. The summed E-state index contributed by atoms with van der Waals surface area (Å²) in [6.07, 6.45) is 6.32. The van der Waals surface area contributed by atoms with Gasteiger partial charge < -0.3 is 14.9 Å². The van der Waals surface area contributed by atoms with Gasteiger partial charge in [-0.25, -0.2) is 9.78 Å². The predicted molar refractivity (Wildman–Crippen MR) is 123 cm³/mol. The van der Waals surface area contributed by atoms with E-state index < -0.39 is 6.09 Å². The van der Waals surface area contributed by atoms with E-state index in [1.165, 1.54) is 4.90 Å². The molecule has 0 bridgehead atoms. The van der Waals surface area contributed by atoms with Gasteiger partial charge in [0.15, 0.2) is 0 Å². The van der Waals surface area contributed by atoms with Gasteiger partial charge in [0, 0.05) is 68.3 Å². The van der Waals surface area contributed by atoms with E-state index in [4.69, 9.17) is 10.1 Å². The fraction of sp³-hybridized carbons (Fsp3) is 0.208. The molecule has 0 unspecified atom stereocenters. The minimum absolute atomic E-state index is 0.198. The Morgan fingerprint density at radius 1 is 0.848 bits per heavy atom. The van der Waals surface area contributed by atoms with E-state index in [0.717, 1.165) is 27.6 Å². The molecule has 0 aliphatic carbocycles. The van der Waals surface area contributed by atoms with E-state index in [1.807, 2.05) is 49.8 Å². The summed E-state index contributed by atoms with van der Waals surface area (Å²) in [5, 5.41) is 14.2. The first-order valence-corrected chi connectivity index (χ1v) is 10.6. The fourth-order valence-corrected chi connectivity index (χ4v) is 4.05. The molecule has 0 saturated carbocycles. The minimum Gasteiger partial charge on any atom is -0.465 e. The van der Waals surface area contributed by atoms with Crippen LogP contribution < -0.4 is 0 Å². The first-order chi connectivity index (χ1) is 16.0. The number of nitrogens with zero attached hydrogens (tertiary/aromatic N) is 6. The van der Waals surface area contributed by atoms with Crippen LogP contribution in [0.15, 0.2) is 61.2 Å². The van der Waals surface area contributed by atoms with Crippen molar-refractivity contribution in [2.75, 3.05) is 26.2 Å². The predicted octanol–water partition coefficient (Wildman–Crippen LogP) is 3.13. The van der Waals surface area contributed by atoms with Gasteiger partial charge in [0.2, 0.25) is 0 Å². The Hall–Kier alpha value is -4.27. The summed E-state index contributed by atoms with van der Waals surface area (Å²) < 4.78 is 1.77. The summed E-state index contributed by atoms with van der Waals surface area (Å²) in [7, 11) is 1.89. The van der Waals surface area contributed by atoms with E-state index in [0.29, 0.717) is 37.4 Å². The summed E-state index contributed by atoms with van der Waals surface area (Å²) in [4.78, 5) is 36.2. The molecule has 2 amide bonds. The van der Waals surface area contributed by atoms with Crippen LogP contribution in [0.4, 0.5) is 4.79 Å². The number of piperazine rings is 1. The normalized spacial score (nSPS) is 14.0. The SMILES string of the molecule is Cn1cc(-c2ccc(-c3cncc4ccc(C(=O)N5CCN(C(=O)O)CC5)nc34)cc2)cn1. The van der Waals surface area contributed by atoms with Crippen molar-refractivity contribution in [3.63, 3.8) is 0 Å². The number of carboxylic acid groups (broad SMARTS) is 1. The smallest absolute Gasteiger partial charge is 0.407 e. The van der Waals surface area contributed by atoms with Crippen LogP contribution in [0, 0.1) is 0 Å². The molecule has 1 aliphatic heterocycles. The lowest BCUT2D eigenvalue weighted by atomic mass is 10.0. The Morgan fingerprint density at radius 3 is 2.21 bits per heavy atom. The van der Waals surface area contributed by atoms with Crippen LogP contribution >= 0.6 is 0 Å². The van der Waals surface area contributed by atoms with Crippen molar-refractivity contribution in [1.29, 1.82) is 0 Å². The third kappa shape index (κ3) is 4.00. The second kappa shape index (κ2) is 8.34. The Bertz CT molecular complexity index is 1340. The molecule has 33 heavy (non-hydrogen) atoms. The van der Waals surface area contributed by atoms with Gasteiger partial charge in [-0.1, -0.05) is 24.3 Å². The number of amides is 2. The largest absolute Gasteiger partial charge is 0.465 e. The number of fused-ring (bicyclic) bond motifs is 1. The Kier molecular flexibility index (Phi) is 5.21. The van der Waals surface area contributed by atoms with E-state index in [1.54, 1.807) is 28.0 Å². The molecule has 1 fully saturated rings. The van der Waals surface area contributed by atoms with E-state index in [2.05, 4.69) is 10.1 Å². The molecular formula is C24H22N6O3. The van der Waals surface area contributed by atoms with E-state index in [-0.39, 0.29) is 5.91 Å². The molecule has 9 heteroatoms. The van der Waals surface area contributed by atoms with Crippen LogP contribution in [0.25, 0.3) is 33.2 Å². The molecule has 0 atom stereocenters. The average Bonchev–Trinajstić information content (AvgIpc) is 3.29. The number of pyridine rings is 2. The molecule has 4 aromatic rings. The molecule has 1 saturated heterocycles.